The van der Waals surface area contributed by atoms with Crippen molar-refractivity contribution in [2.24, 2.45) is 0 Å². The van der Waals surface area contributed by atoms with Gasteiger partial charge in [-0.05, 0) is 25.0 Å². The zero-order chi connectivity index (χ0) is 23.7. The van der Waals surface area contributed by atoms with Crippen LogP contribution in [0.4, 0.5) is 5.69 Å². The lowest BCUT2D eigenvalue weighted by molar-refractivity contribution is 0.0924. The fourth-order valence-corrected chi connectivity index (χ4v) is 4.26. The lowest BCUT2D eigenvalue weighted by Gasteiger charge is -2.28. The van der Waals surface area contributed by atoms with Crippen LogP contribution >= 0.6 is 11.6 Å². The minimum absolute atomic E-state index is 0.0115. The first-order chi connectivity index (χ1) is 15.1. The second kappa shape index (κ2) is 9.75. The summed E-state index contributed by atoms with van der Waals surface area (Å²) in [6.45, 7) is 3.08. The van der Waals surface area contributed by atoms with Crippen molar-refractivity contribution >= 4 is 76.4 Å². The molecule has 0 saturated carbocycles. The van der Waals surface area contributed by atoms with E-state index in [1.54, 1.807) is 19.2 Å². The second-order valence-corrected chi connectivity index (χ2v) is 8.25. The average Bonchev–Trinajstić information content (AvgIpc) is 3.12. The largest absolute Gasteiger partial charge is 0.509 e. The van der Waals surface area contributed by atoms with Gasteiger partial charge in [0.2, 0.25) is 0 Å². The molecule has 0 aliphatic carbocycles. The van der Waals surface area contributed by atoms with E-state index in [0.29, 0.717) is 40.7 Å². The first kappa shape index (κ1) is 24.5. The van der Waals surface area contributed by atoms with Crippen LogP contribution in [-0.2, 0) is 6.54 Å². The Morgan fingerprint density at radius 2 is 1.84 bits per heavy atom. The Bertz CT molecular complexity index is 1020. The standard InChI is InChI=1S/C21H22B4ClN3O3/c1-9-13(28-21(31)10-6-12(26)14(27-2)7-15(10)32-3)4-5-29(9)8-11-16(22)18(24)20(30)19(25)17(11)23/h6-7,9,13,27,30H,4-5,8H2,1-3H3,(H,28,31)/t9-,13-/m0/s1. The number of rotatable bonds is 6. The van der Waals surface area contributed by atoms with Gasteiger partial charge in [-0.25, -0.2) is 0 Å². The minimum Gasteiger partial charge on any atom is -0.509 e. The van der Waals surface area contributed by atoms with Gasteiger partial charge in [0.15, 0.2) is 0 Å². The van der Waals surface area contributed by atoms with Crippen molar-refractivity contribution in [1.29, 1.82) is 0 Å². The van der Waals surface area contributed by atoms with Crippen LogP contribution < -0.4 is 37.2 Å². The first-order valence-corrected chi connectivity index (χ1v) is 10.5. The number of amides is 1. The molecule has 158 valence electrons. The molecule has 0 aromatic heterocycles. The van der Waals surface area contributed by atoms with Gasteiger partial charge in [0.25, 0.3) is 5.91 Å². The number of carbonyl (C=O) groups is 1. The predicted molar refractivity (Wildman–Crippen MR) is 133 cm³/mol. The maximum atomic E-state index is 13.0. The van der Waals surface area contributed by atoms with E-state index in [2.05, 4.69) is 15.5 Å². The summed E-state index contributed by atoms with van der Waals surface area (Å²) in [6.07, 6.45) is 0.723. The van der Waals surface area contributed by atoms with E-state index >= 15 is 0 Å². The van der Waals surface area contributed by atoms with Gasteiger partial charge in [-0.15, -0.1) is 0 Å². The highest BCUT2D eigenvalue weighted by Crippen LogP contribution is 2.31. The molecule has 1 saturated heterocycles. The van der Waals surface area contributed by atoms with Crippen LogP contribution in [0, 0.1) is 0 Å². The number of benzene rings is 2. The third-order valence-corrected chi connectivity index (χ3v) is 6.42. The summed E-state index contributed by atoms with van der Waals surface area (Å²) < 4.78 is 5.37. The smallest absolute Gasteiger partial charge is 0.255 e. The molecule has 2 atom stereocenters. The third kappa shape index (κ3) is 4.48. The van der Waals surface area contributed by atoms with E-state index in [-0.39, 0.29) is 45.6 Å². The predicted octanol–water partition coefficient (Wildman–Crippen LogP) is -1.34. The average molecular weight is 443 g/mol. The molecule has 1 fully saturated rings. The number of hydrogen-bond donors (Lipinski definition) is 3. The maximum absolute atomic E-state index is 13.0. The number of phenols is 1. The lowest BCUT2D eigenvalue weighted by Crippen LogP contribution is -2.48. The molecule has 8 radical (unpaired) electrons. The zero-order valence-corrected chi connectivity index (χ0v) is 19.1. The Hall–Kier alpha value is -2.18. The quantitative estimate of drug-likeness (QED) is 0.483. The fourth-order valence-electron chi connectivity index (χ4n) is 4.00. The zero-order valence-electron chi connectivity index (χ0n) is 18.3. The molecule has 11 heteroatoms. The van der Waals surface area contributed by atoms with Gasteiger partial charge in [0.05, 0.1) is 29.1 Å². The molecule has 3 N–H and O–H groups in total. The van der Waals surface area contributed by atoms with Gasteiger partial charge < -0.3 is 20.5 Å². The summed E-state index contributed by atoms with van der Waals surface area (Å²) >= 11 is 6.26. The summed E-state index contributed by atoms with van der Waals surface area (Å²) in [6, 6.07) is 3.13. The van der Waals surface area contributed by atoms with Gasteiger partial charge in [-0.3, -0.25) is 9.69 Å². The molecule has 2 aromatic rings. The van der Waals surface area contributed by atoms with Crippen LogP contribution in [-0.4, -0.2) is 80.1 Å². The summed E-state index contributed by atoms with van der Waals surface area (Å²) in [5, 5.41) is 16.4. The molecule has 0 bridgehead atoms. The molecular weight excluding hydrogens is 421 g/mol. The summed E-state index contributed by atoms with van der Waals surface area (Å²) in [5.74, 6) is -0.156. The van der Waals surface area contributed by atoms with Crippen molar-refractivity contribution in [2.45, 2.75) is 32.0 Å². The SMILES string of the molecule is [B]c1c([B])c(CN2CC[C@H](NC(=O)c3cc(Cl)c(NC)cc3OC)[C@@H]2C)c([B])c([B])c1O. The molecule has 1 aliphatic rings. The number of halogens is 1. The van der Waals surface area contributed by atoms with Gasteiger partial charge in [0.1, 0.15) is 37.1 Å². The Morgan fingerprint density at radius 1 is 1.22 bits per heavy atom. The van der Waals surface area contributed by atoms with Crippen LogP contribution in [0.1, 0.15) is 29.3 Å². The number of phenolic OH excluding ortho intramolecular Hbond substituents is 1. The number of anilines is 1. The van der Waals surface area contributed by atoms with E-state index < -0.39 is 0 Å². The van der Waals surface area contributed by atoms with Gasteiger partial charge in [-0.2, -0.15) is 0 Å². The fraction of sp³-hybridized carbons (Fsp3) is 0.381. The van der Waals surface area contributed by atoms with E-state index in [1.807, 2.05) is 6.92 Å². The number of hydrogen-bond acceptors (Lipinski definition) is 5. The van der Waals surface area contributed by atoms with Crippen molar-refractivity contribution in [1.82, 2.24) is 10.2 Å². The molecule has 6 nitrogen and oxygen atoms in total. The lowest BCUT2D eigenvalue weighted by atomic mass is 9.66. The highest BCUT2D eigenvalue weighted by atomic mass is 35.5. The second-order valence-electron chi connectivity index (χ2n) is 7.84. The van der Waals surface area contributed by atoms with E-state index in [4.69, 9.17) is 47.7 Å². The summed E-state index contributed by atoms with van der Waals surface area (Å²) in [4.78, 5) is 15.1. The normalized spacial score (nSPS) is 18.5. The number of ether oxygens (including phenoxy) is 1. The van der Waals surface area contributed by atoms with Crippen LogP contribution in [0.25, 0.3) is 0 Å². The molecule has 0 unspecified atom stereocenters. The van der Waals surface area contributed by atoms with Gasteiger partial charge >= 0.3 is 0 Å². The highest BCUT2D eigenvalue weighted by Gasteiger charge is 2.33. The highest BCUT2D eigenvalue weighted by molar-refractivity contribution is 6.58. The number of carbonyl (C=O) groups excluding carboxylic acids is 1. The molecule has 1 amide bonds. The maximum Gasteiger partial charge on any atom is 0.255 e. The molecule has 0 spiro atoms. The van der Waals surface area contributed by atoms with Gasteiger partial charge in [0, 0.05) is 38.3 Å². The number of nitrogens with one attached hydrogen (secondary N) is 2. The van der Waals surface area contributed by atoms with Gasteiger partial charge in [-0.1, -0.05) is 33.5 Å². The van der Waals surface area contributed by atoms with E-state index in [1.165, 1.54) is 7.11 Å². The molecular formula is C21H22B4ClN3O3. The third-order valence-electron chi connectivity index (χ3n) is 6.11. The van der Waals surface area contributed by atoms with Crippen LogP contribution in [0.3, 0.4) is 0 Å². The van der Waals surface area contributed by atoms with Crippen molar-refractivity contribution < 1.29 is 14.6 Å². The van der Waals surface area contributed by atoms with E-state index in [0.717, 1.165) is 6.42 Å². The Labute approximate surface area is 199 Å². The van der Waals surface area contributed by atoms with Crippen molar-refractivity contribution in [3.8, 4) is 11.5 Å². The summed E-state index contributed by atoms with van der Waals surface area (Å²) in [5.41, 5.74) is 2.02. The first-order valence-electron chi connectivity index (χ1n) is 10.1. The Kier molecular flexibility index (Phi) is 7.46. The van der Waals surface area contributed by atoms with Crippen LogP contribution in [0.2, 0.25) is 5.02 Å². The Morgan fingerprint density at radius 3 is 2.41 bits per heavy atom. The summed E-state index contributed by atoms with van der Waals surface area (Å²) in [7, 11) is 27.2. The molecule has 2 aromatic carbocycles. The molecule has 1 aliphatic heterocycles. The van der Waals surface area contributed by atoms with E-state index in [9.17, 15) is 9.90 Å². The molecule has 1 heterocycles. The van der Waals surface area contributed by atoms with Crippen molar-refractivity contribution in [2.75, 3.05) is 26.0 Å². The van der Waals surface area contributed by atoms with Crippen LogP contribution in [0.15, 0.2) is 12.1 Å². The number of methoxy groups -OCH3 is 1. The Balaban J connectivity index is 1.77. The number of aromatic hydroxyl groups is 1. The monoisotopic (exact) mass is 443 g/mol. The number of nitrogens with zero attached hydrogens (tertiary/aromatic N) is 1. The molecule has 32 heavy (non-hydrogen) atoms. The topological polar surface area (TPSA) is 73.8 Å². The van der Waals surface area contributed by atoms with Crippen molar-refractivity contribution in [3.05, 3.63) is 28.3 Å². The minimum atomic E-state index is -0.305. The number of likely N-dealkylation sites (tertiary alicyclic amines) is 1. The molecule has 3 rings (SSSR count). The van der Waals surface area contributed by atoms with Crippen LogP contribution in [0.5, 0.6) is 11.5 Å². The van der Waals surface area contributed by atoms with Crippen molar-refractivity contribution in [3.63, 3.8) is 0 Å².